The minimum atomic E-state index is -3.34. The molecular weight excluding hydrogens is 320 g/mol. The van der Waals surface area contributed by atoms with Crippen LogP contribution in [-0.2, 0) is 14.8 Å². The number of carbonyl (C=O) groups excluding carboxylic acids is 1. The fraction of sp³-hybridized carbons (Fsp3) is 0.429. The standard InChI is InChI=1S/C14H18N4O4S/c1-23(20,21)18-7-6-16-13(18)10-2-4-11(5-3-10)17-9-12(8-15)22-14(17)19/h2-5,12H,6-9,15H2,1H3/t12-/m0/s1. The average molecular weight is 338 g/mol. The molecule has 8 nitrogen and oxygen atoms in total. The summed E-state index contributed by atoms with van der Waals surface area (Å²) < 4.78 is 29.9. The lowest BCUT2D eigenvalue weighted by Gasteiger charge is -2.18. The number of aliphatic imine (C=N–C) groups is 1. The molecule has 1 aromatic rings. The smallest absolute Gasteiger partial charge is 0.414 e. The average Bonchev–Trinajstić information content (AvgIpc) is 3.13. The van der Waals surface area contributed by atoms with Crippen LogP contribution in [0.25, 0.3) is 0 Å². The van der Waals surface area contributed by atoms with Crippen molar-refractivity contribution in [2.75, 3.05) is 37.3 Å². The molecule has 9 heteroatoms. The Balaban J connectivity index is 1.82. The van der Waals surface area contributed by atoms with Crippen LogP contribution in [0.1, 0.15) is 5.56 Å². The maximum atomic E-state index is 11.8. The highest BCUT2D eigenvalue weighted by molar-refractivity contribution is 7.88. The predicted octanol–water partition coefficient (Wildman–Crippen LogP) is -0.00770. The Morgan fingerprint density at radius 2 is 2.04 bits per heavy atom. The van der Waals surface area contributed by atoms with Crippen LogP contribution >= 0.6 is 0 Å². The Bertz CT molecular complexity index is 745. The van der Waals surface area contributed by atoms with Gasteiger partial charge in [-0.15, -0.1) is 0 Å². The molecule has 2 N–H and O–H groups in total. The van der Waals surface area contributed by atoms with E-state index in [9.17, 15) is 13.2 Å². The summed E-state index contributed by atoms with van der Waals surface area (Å²) in [6, 6.07) is 7.00. The number of ether oxygens (including phenoxy) is 1. The van der Waals surface area contributed by atoms with Crippen molar-refractivity contribution in [1.82, 2.24) is 4.31 Å². The van der Waals surface area contributed by atoms with Gasteiger partial charge in [0, 0.05) is 17.8 Å². The second-order valence-corrected chi connectivity index (χ2v) is 7.35. The van der Waals surface area contributed by atoms with E-state index in [0.717, 1.165) is 6.26 Å². The molecule has 0 bridgehead atoms. The molecule has 0 unspecified atom stereocenters. The van der Waals surface area contributed by atoms with Crippen molar-refractivity contribution >= 4 is 27.6 Å². The number of anilines is 1. The highest BCUT2D eigenvalue weighted by atomic mass is 32.2. The Labute approximate surface area is 134 Å². The van der Waals surface area contributed by atoms with Gasteiger partial charge in [0.25, 0.3) is 0 Å². The summed E-state index contributed by atoms with van der Waals surface area (Å²) >= 11 is 0. The van der Waals surface area contributed by atoms with Gasteiger partial charge in [0.1, 0.15) is 11.9 Å². The number of amides is 1. The lowest BCUT2D eigenvalue weighted by atomic mass is 10.1. The third-order valence-electron chi connectivity index (χ3n) is 3.78. The minimum absolute atomic E-state index is 0.278. The molecule has 1 atom stereocenters. The van der Waals surface area contributed by atoms with E-state index >= 15 is 0 Å². The van der Waals surface area contributed by atoms with E-state index in [1.165, 1.54) is 9.21 Å². The van der Waals surface area contributed by atoms with E-state index in [2.05, 4.69) is 4.99 Å². The van der Waals surface area contributed by atoms with Crippen molar-refractivity contribution < 1.29 is 17.9 Å². The van der Waals surface area contributed by atoms with E-state index < -0.39 is 16.1 Å². The first-order chi connectivity index (χ1) is 10.9. The maximum Gasteiger partial charge on any atom is 0.414 e. The summed E-state index contributed by atoms with van der Waals surface area (Å²) in [7, 11) is -3.34. The fourth-order valence-corrected chi connectivity index (χ4v) is 3.53. The third-order valence-corrected chi connectivity index (χ3v) is 4.93. The number of rotatable bonds is 4. The first-order valence-electron chi connectivity index (χ1n) is 7.21. The zero-order valence-corrected chi connectivity index (χ0v) is 13.5. The van der Waals surface area contributed by atoms with Gasteiger partial charge in [-0.1, -0.05) is 0 Å². The quantitative estimate of drug-likeness (QED) is 0.831. The summed E-state index contributed by atoms with van der Waals surface area (Å²) in [5, 5.41) is 0. The van der Waals surface area contributed by atoms with Crippen LogP contribution in [0.15, 0.2) is 29.3 Å². The van der Waals surface area contributed by atoms with Crippen molar-refractivity contribution in [3.05, 3.63) is 29.8 Å². The summed E-state index contributed by atoms with van der Waals surface area (Å²) in [6.07, 6.45) is 0.432. The van der Waals surface area contributed by atoms with E-state index in [0.29, 0.717) is 36.7 Å². The number of sulfonamides is 1. The maximum absolute atomic E-state index is 11.8. The van der Waals surface area contributed by atoms with Gasteiger partial charge in [-0.05, 0) is 24.3 Å². The largest absolute Gasteiger partial charge is 0.443 e. The summed E-state index contributed by atoms with van der Waals surface area (Å²) in [5.41, 5.74) is 6.89. The fourth-order valence-electron chi connectivity index (χ4n) is 2.64. The van der Waals surface area contributed by atoms with Crippen LogP contribution in [0.2, 0.25) is 0 Å². The van der Waals surface area contributed by atoms with Crippen molar-refractivity contribution in [2.24, 2.45) is 10.7 Å². The molecule has 2 aliphatic heterocycles. The lowest BCUT2D eigenvalue weighted by molar-refractivity contribution is 0.145. The van der Waals surface area contributed by atoms with Crippen molar-refractivity contribution in [3.63, 3.8) is 0 Å². The SMILES string of the molecule is CS(=O)(=O)N1CCN=C1c1ccc(N2C[C@H](CN)OC2=O)cc1. The molecule has 0 aromatic heterocycles. The zero-order valence-electron chi connectivity index (χ0n) is 12.7. The van der Waals surface area contributed by atoms with Crippen molar-refractivity contribution in [1.29, 1.82) is 0 Å². The molecule has 1 aromatic carbocycles. The van der Waals surface area contributed by atoms with Gasteiger partial charge < -0.3 is 10.5 Å². The molecule has 0 spiro atoms. The van der Waals surface area contributed by atoms with Crippen LogP contribution < -0.4 is 10.6 Å². The highest BCUT2D eigenvalue weighted by Gasteiger charge is 2.32. The summed E-state index contributed by atoms with van der Waals surface area (Å²) in [4.78, 5) is 17.6. The number of nitrogens with zero attached hydrogens (tertiary/aromatic N) is 3. The molecule has 0 saturated carbocycles. The molecule has 124 valence electrons. The van der Waals surface area contributed by atoms with Crippen molar-refractivity contribution in [2.45, 2.75) is 6.10 Å². The Morgan fingerprint density at radius 3 is 2.61 bits per heavy atom. The van der Waals surface area contributed by atoms with Crippen LogP contribution in [0.4, 0.5) is 10.5 Å². The first-order valence-corrected chi connectivity index (χ1v) is 9.06. The van der Waals surface area contributed by atoms with Gasteiger partial charge in [-0.2, -0.15) is 0 Å². The molecule has 23 heavy (non-hydrogen) atoms. The Kier molecular flexibility index (Phi) is 3.99. The first kappa shape index (κ1) is 15.8. The van der Waals surface area contributed by atoms with Gasteiger partial charge in [0.05, 0.1) is 25.9 Å². The Morgan fingerprint density at radius 1 is 1.35 bits per heavy atom. The van der Waals surface area contributed by atoms with Crippen LogP contribution in [0.5, 0.6) is 0 Å². The number of amidine groups is 1. The number of cyclic esters (lactones) is 1. The van der Waals surface area contributed by atoms with E-state index in [-0.39, 0.29) is 12.6 Å². The van der Waals surface area contributed by atoms with Gasteiger partial charge in [-0.25, -0.2) is 13.2 Å². The van der Waals surface area contributed by atoms with Gasteiger partial charge in [-0.3, -0.25) is 14.2 Å². The second-order valence-electron chi connectivity index (χ2n) is 5.44. The summed E-state index contributed by atoms with van der Waals surface area (Å²) in [5.74, 6) is 0.433. The van der Waals surface area contributed by atoms with Crippen LogP contribution in [0.3, 0.4) is 0 Å². The van der Waals surface area contributed by atoms with Crippen LogP contribution in [-0.4, -0.2) is 63.2 Å². The van der Waals surface area contributed by atoms with Gasteiger partial charge >= 0.3 is 6.09 Å². The second kappa shape index (κ2) is 5.82. The molecule has 1 saturated heterocycles. The van der Waals surface area contributed by atoms with E-state index in [4.69, 9.17) is 10.5 Å². The molecule has 3 rings (SSSR count). The third kappa shape index (κ3) is 3.02. The normalized spacial score (nSPS) is 21.6. The lowest BCUT2D eigenvalue weighted by Crippen LogP contribution is -2.34. The van der Waals surface area contributed by atoms with Crippen molar-refractivity contribution in [3.8, 4) is 0 Å². The molecule has 1 amide bonds. The Hall–Kier alpha value is -2.13. The van der Waals surface area contributed by atoms with E-state index in [1.54, 1.807) is 24.3 Å². The summed E-state index contributed by atoms with van der Waals surface area (Å²) in [6.45, 7) is 1.48. The number of hydrogen-bond donors (Lipinski definition) is 1. The minimum Gasteiger partial charge on any atom is -0.443 e. The number of carbonyl (C=O) groups is 1. The van der Waals surface area contributed by atoms with Gasteiger partial charge in [0.15, 0.2) is 0 Å². The van der Waals surface area contributed by atoms with E-state index in [1.807, 2.05) is 0 Å². The monoisotopic (exact) mass is 338 g/mol. The molecule has 0 radical (unpaired) electrons. The number of nitrogens with two attached hydrogens (primary N) is 1. The number of benzene rings is 1. The molecule has 1 fully saturated rings. The van der Waals surface area contributed by atoms with Gasteiger partial charge in [0.2, 0.25) is 10.0 Å². The molecule has 2 aliphatic rings. The topological polar surface area (TPSA) is 105 Å². The molecule has 2 heterocycles. The van der Waals surface area contributed by atoms with Crippen LogP contribution in [0, 0.1) is 0 Å². The molecular formula is C14H18N4O4S. The zero-order chi connectivity index (χ0) is 16.6. The predicted molar refractivity (Wildman–Crippen MR) is 86.1 cm³/mol. The number of hydrogen-bond acceptors (Lipinski definition) is 6. The molecule has 0 aliphatic carbocycles. The highest BCUT2D eigenvalue weighted by Crippen LogP contribution is 2.23.